The van der Waals surface area contributed by atoms with E-state index in [0.29, 0.717) is 5.56 Å². The zero-order valence-electron chi connectivity index (χ0n) is 15.6. The molecule has 2 heterocycles. The SMILES string of the molecule is Cn1c(N2CCN(CCc3ccccc3)CC2)cc2cc(C(=O)O)ccc21. The Hall–Kier alpha value is -2.79. The average Bonchev–Trinajstić information content (AvgIpc) is 3.03. The minimum atomic E-state index is -0.880. The Balaban J connectivity index is 1.42. The normalized spacial score (nSPS) is 15.4. The highest BCUT2D eigenvalue weighted by atomic mass is 16.4. The van der Waals surface area contributed by atoms with E-state index in [1.54, 1.807) is 12.1 Å². The van der Waals surface area contributed by atoms with E-state index in [-0.39, 0.29) is 0 Å². The Bertz CT molecular complexity index is 941. The first-order valence-electron chi connectivity index (χ1n) is 9.46. The molecular formula is C22H25N3O2. The fraction of sp³-hybridized carbons (Fsp3) is 0.318. The lowest BCUT2D eigenvalue weighted by atomic mass is 10.1. The Morgan fingerprint density at radius 3 is 2.44 bits per heavy atom. The van der Waals surface area contributed by atoms with Crippen molar-refractivity contribution in [2.45, 2.75) is 6.42 Å². The fourth-order valence-corrected chi connectivity index (χ4v) is 3.90. The van der Waals surface area contributed by atoms with Gasteiger partial charge in [-0.2, -0.15) is 0 Å². The molecule has 0 aliphatic carbocycles. The first-order chi connectivity index (χ1) is 13.1. The zero-order chi connectivity index (χ0) is 18.8. The molecule has 0 unspecified atom stereocenters. The van der Waals surface area contributed by atoms with Crippen molar-refractivity contribution in [2.75, 3.05) is 37.6 Å². The molecule has 0 atom stereocenters. The molecule has 2 aromatic carbocycles. The number of rotatable bonds is 5. The largest absolute Gasteiger partial charge is 0.478 e. The molecule has 0 bridgehead atoms. The molecule has 5 heteroatoms. The smallest absolute Gasteiger partial charge is 0.335 e. The summed E-state index contributed by atoms with van der Waals surface area (Å²) in [6, 6.07) is 18.1. The number of benzene rings is 2. The van der Waals surface area contributed by atoms with Crippen molar-refractivity contribution in [3.05, 3.63) is 65.7 Å². The van der Waals surface area contributed by atoms with Crippen LogP contribution >= 0.6 is 0 Å². The molecule has 4 rings (SSSR count). The predicted molar refractivity (Wildman–Crippen MR) is 109 cm³/mol. The van der Waals surface area contributed by atoms with Gasteiger partial charge < -0.3 is 14.6 Å². The van der Waals surface area contributed by atoms with Crippen LogP contribution < -0.4 is 4.90 Å². The molecule has 1 aliphatic heterocycles. The van der Waals surface area contributed by atoms with Gasteiger partial charge in [0, 0.05) is 50.7 Å². The van der Waals surface area contributed by atoms with Gasteiger partial charge in [-0.05, 0) is 36.2 Å². The minimum Gasteiger partial charge on any atom is -0.478 e. The topological polar surface area (TPSA) is 48.7 Å². The molecule has 0 spiro atoms. The summed E-state index contributed by atoms with van der Waals surface area (Å²) < 4.78 is 2.17. The van der Waals surface area contributed by atoms with Crippen LogP contribution in [0, 0.1) is 0 Å². The molecule has 27 heavy (non-hydrogen) atoms. The van der Waals surface area contributed by atoms with E-state index in [2.05, 4.69) is 57.8 Å². The van der Waals surface area contributed by atoms with Gasteiger partial charge in [0.15, 0.2) is 0 Å². The quantitative estimate of drug-likeness (QED) is 0.756. The highest BCUT2D eigenvalue weighted by Gasteiger charge is 2.20. The predicted octanol–water partition coefficient (Wildman–Crippen LogP) is 3.24. The van der Waals surface area contributed by atoms with Gasteiger partial charge in [0.05, 0.1) is 5.56 Å². The number of hydrogen-bond acceptors (Lipinski definition) is 3. The van der Waals surface area contributed by atoms with Gasteiger partial charge in [0.2, 0.25) is 0 Å². The molecule has 140 valence electrons. The van der Waals surface area contributed by atoms with E-state index in [1.165, 1.54) is 5.56 Å². The Morgan fingerprint density at radius 2 is 1.74 bits per heavy atom. The standard InChI is InChI=1S/C22H25N3O2/c1-23-20-8-7-18(22(26)27)15-19(20)16-21(23)25-13-11-24(12-14-25)10-9-17-5-3-2-4-6-17/h2-8,15-16H,9-14H2,1H3,(H,26,27). The van der Waals surface area contributed by atoms with E-state index in [4.69, 9.17) is 0 Å². The number of aromatic nitrogens is 1. The van der Waals surface area contributed by atoms with Crippen LogP contribution in [0.4, 0.5) is 5.82 Å². The Labute approximate surface area is 159 Å². The van der Waals surface area contributed by atoms with Gasteiger partial charge in [-0.15, -0.1) is 0 Å². The van der Waals surface area contributed by atoms with Crippen molar-refractivity contribution in [1.29, 1.82) is 0 Å². The number of anilines is 1. The highest BCUT2D eigenvalue weighted by Crippen LogP contribution is 2.27. The average molecular weight is 363 g/mol. The molecule has 0 radical (unpaired) electrons. The third kappa shape index (κ3) is 3.69. The summed E-state index contributed by atoms with van der Waals surface area (Å²) in [5, 5.41) is 10.2. The molecular weight excluding hydrogens is 338 g/mol. The van der Waals surface area contributed by atoms with Crippen LogP contribution in [0.25, 0.3) is 10.9 Å². The van der Waals surface area contributed by atoms with Gasteiger partial charge in [-0.3, -0.25) is 4.90 Å². The first kappa shape index (κ1) is 17.6. The Morgan fingerprint density at radius 1 is 1.00 bits per heavy atom. The second-order valence-electron chi connectivity index (χ2n) is 7.20. The third-order valence-corrected chi connectivity index (χ3v) is 5.52. The molecule has 1 aliphatic rings. The molecule has 0 saturated carbocycles. The summed E-state index contributed by atoms with van der Waals surface area (Å²) in [5.74, 6) is 0.282. The van der Waals surface area contributed by atoms with Crippen molar-refractivity contribution < 1.29 is 9.90 Å². The first-order valence-corrected chi connectivity index (χ1v) is 9.46. The summed E-state index contributed by atoms with van der Waals surface area (Å²) in [7, 11) is 2.06. The molecule has 1 aromatic heterocycles. The molecule has 3 aromatic rings. The van der Waals surface area contributed by atoms with E-state index in [9.17, 15) is 9.90 Å². The van der Waals surface area contributed by atoms with Crippen LogP contribution in [0.2, 0.25) is 0 Å². The van der Waals surface area contributed by atoms with E-state index < -0.39 is 5.97 Å². The number of aryl methyl sites for hydroxylation is 1. The molecule has 0 amide bonds. The van der Waals surface area contributed by atoms with Crippen LogP contribution in [-0.4, -0.2) is 53.3 Å². The van der Waals surface area contributed by atoms with Crippen LogP contribution in [0.1, 0.15) is 15.9 Å². The van der Waals surface area contributed by atoms with Gasteiger partial charge >= 0.3 is 5.97 Å². The summed E-state index contributed by atoms with van der Waals surface area (Å²) in [4.78, 5) is 16.1. The van der Waals surface area contributed by atoms with Crippen molar-refractivity contribution in [3.63, 3.8) is 0 Å². The summed E-state index contributed by atoms with van der Waals surface area (Å²) in [5.41, 5.74) is 2.80. The lowest BCUT2D eigenvalue weighted by Gasteiger charge is -2.36. The number of piperazine rings is 1. The van der Waals surface area contributed by atoms with E-state index in [0.717, 1.165) is 55.9 Å². The van der Waals surface area contributed by atoms with Crippen LogP contribution in [0.3, 0.4) is 0 Å². The number of fused-ring (bicyclic) bond motifs is 1. The number of nitrogens with zero attached hydrogens (tertiary/aromatic N) is 3. The van der Waals surface area contributed by atoms with Crippen molar-refractivity contribution >= 4 is 22.7 Å². The summed E-state index contributed by atoms with van der Waals surface area (Å²) in [6.45, 7) is 5.17. The monoisotopic (exact) mass is 363 g/mol. The van der Waals surface area contributed by atoms with Gasteiger partial charge in [0.1, 0.15) is 5.82 Å². The maximum absolute atomic E-state index is 11.2. The molecule has 1 fully saturated rings. The lowest BCUT2D eigenvalue weighted by molar-refractivity contribution is 0.0697. The maximum atomic E-state index is 11.2. The lowest BCUT2D eigenvalue weighted by Crippen LogP contribution is -2.47. The Kier molecular flexibility index (Phi) is 4.86. The third-order valence-electron chi connectivity index (χ3n) is 5.52. The van der Waals surface area contributed by atoms with Crippen molar-refractivity contribution in [1.82, 2.24) is 9.47 Å². The van der Waals surface area contributed by atoms with Crippen LogP contribution in [-0.2, 0) is 13.5 Å². The number of carboxylic acid groups (broad SMARTS) is 1. The summed E-state index contributed by atoms with van der Waals surface area (Å²) in [6.07, 6.45) is 1.09. The second-order valence-corrected chi connectivity index (χ2v) is 7.20. The van der Waals surface area contributed by atoms with Crippen LogP contribution in [0.15, 0.2) is 54.6 Å². The number of carbonyl (C=O) groups is 1. The van der Waals surface area contributed by atoms with Crippen LogP contribution in [0.5, 0.6) is 0 Å². The minimum absolute atomic E-state index is 0.338. The number of hydrogen-bond donors (Lipinski definition) is 1. The van der Waals surface area contributed by atoms with Gasteiger partial charge in [-0.25, -0.2) is 4.79 Å². The fourth-order valence-electron chi connectivity index (χ4n) is 3.90. The highest BCUT2D eigenvalue weighted by molar-refractivity contribution is 5.95. The number of aromatic carboxylic acids is 1. The molecule has 1 saturated heterocycles. The molecule has 5 nitrogen and oxygen atoms in total. The maximum Gasteiger partial charge on any atom is 0.335 e. The molecule has 1 N–H and O–H groups in total. The van der Waals surface area contributed by atoms with Crippen molar-refractivity contribution in [2.24, 2.45) is 7.05 Å². The van der Waals surface area contributed by atoms with Crippen molar-refractivity contribution in [3.8, 4) is 0 Å². The van der Waals surface area contributed by atoms with E-state index in [1.807, 2.05) is 6.07 Å². The van der Waals surface area contributed by atoms with E-state index >= 15 is 0 Å². The second kappa shape index (κ2) is 7.45. The summed E-state index contributed by atoms with van der Waals surface area (Å²) >= 11 is 0. The number of carboxylic acids is 1. The van der Waals surface area contributed by atoms with Gasteiger partial charge in [0.25, 0.3) is 0 Å². The zero-order valence-corrected chi connectivity index (χ0v) is 15.6. The van der Waals surface area contributed by atoms with Gasteiger partial charge in [-0.1, -0.05) is 30.3 Å².